The highest BCUT2D eigenvalue weighted by Gasteiger charge is 2.53. The normalized spacial score (nSPS) is 23.1. The second-order valence-electron chi connectivity index (χ2n) is 9.46. The lowest BCUT2D eigenvalue weighted by Crippen LogP contribution is -2.58. The molecule has 0 radical (unpaired) electrons. The van der Waals surface area contributed by atoms with E-state index in [4.69, 9.17) is 18.9 Å². The molecule has 0 bridgehead atoms. The van der Waals surface area contributed by atoms with E-state index in [2.05, 4.69) is 10.3 Å². The summed E-state index contributed by atoms with van der Waals surface area (Å²) < 4.78 is 64.6. The lowest BCUT2D eigenvalue weighted by molar-refractivity contribution is -0.212. The number of halogens is 3. The van der Waals surface area contributed by atoms with Crippen LogP contribution in [0.2, 0.25) is 0 Å². The van der Waals surface area contributed by atoms with Crippen LogP contribution in [0.4, 0.5) is 13.2 Å². The average molecular weight is 604 g/mol. The Bertz CT molecular complexity index is 1290. The zero-order chi connectivity index (χ0) is 30.6. The molecule has 1 saturated heterocycles. The third-order valence-corrected chi connectivity index (χ3v) is 7.58. The van der Waals surface area contributed by atoms with Crippen molar-refractivity contribution in [3.63, 3.8) is 0 Å². The highest BCUT2D eigenvalue weighted by molar-refractivity contribution is 8.01. The molecular formula is C25H28F3N3O9S. The number of thioether (sulfide) groups is 1. The van der Waals surface area contributed by atoms with Gasteiger partial charge in [0.05, 0.1) is 6.20 Å². The van der Waals surface area contributed by atoms with Crippen LogP contribution in [-0.2, 0) is 38.1 Å². The zero-order valence-electron chi connectivity index (χ0n) is 22.6. The fourth-order valence-corrected chi connectivity index (χ4v) is 5.49. The number of ether oxygens (including phenoxy) is 4. The van der Waals surface area contributed by atoms with Gasteiger partial charge >= 0.3 is 23.9 Å². The van der Waals surface area contributed by atoms with Crippen LogP contribution in [0.25, 0.3) is 11.3 Å². The minimum absolute atomic E-state index is 0.122. The first-order valence-corrected chi connectivity index (χ1v) is 13.2. The Morgan fingerprint density at radius 1 is 1.02 bits per heavy atom. The third kappa shape index (κ3) is 7.75. The molecule has 1 aliphatic heterocycles. The van der Waals surface area contributed by atoms with E-state index in [0.717, 1.165) is 37.2 Å². The standard InChI is InChI=1S/C25H28F3N3O9S/c1-10(2)23(24(35)36)41-25-22(39-13(5)34)20(21(38-12(4)33)18(40-25)9-37-11(3)32)31-8-17(29-30-31)14-6-15(26)19(28)16(27)7-14/h6-8,10,18,20-23,25H,9H2,1-5H3,(H,35,36)/t18-,20+,21+,22-,23?,25+/m1/s1. The third-order valence-electron chi connectivity index (χ3n) is 5.90. The number of rotatable bonds is 10. The number of nitrogens with zero attached hydrogens (tertiary/aromatic N) is 3. The Balaban J connectivity index is 2.16. The monoisotopic (exact) mass is 603 g/mol. The maximum Gasteiger partial charge on any atom is 0.316 e. The molecule has 1 unspecified atom stereocenters. The highest BCUT2D eigenvalue weighted by Crippen LogP contribution is 2.41. The summed E-state index contributed by atoms with van der Waals surface area (Å²) in [5.74, 6) is -8.48. The molecular weight excluding hydrogens is 575 g/mol. The van der Waals surface area contributed by atoms with Crippen molar-refractivity contribution in [2.45, 2.75) is 69.7 Å². The summed E-state index contributed by atoms with van der Waals surface area (Å²) in [7, 11) is 0. The van der Waals surface area contributed by atoms with E-state index >= 15 is 0 Å². The van der Waals surface area contributed by atoms with Crippen molar-refractivity contribution in [1.82, 2.24) is 15.0 Å². The molecule has 0 spiro atoms. The smallest absolute Gasteiger partial charge is 0.316 e. The van der Waals surface area contributed by atoms with Crippen molar-refractivity contribution in [3.8, 4) is 11.3 Å². The Hall–Kier alpha value is -3.66. The van der Waals surface area contributed by atoms with Crippen LogP contribution in [-0.4, -0.2) is 79.6 Å². The van der Waals surface area contributed by atoms with E-state index in [1.165, 1.54) is 6.20 Å². The summed E-state index contributed by atoms with van der Waals surface area (Å²) in [5, 5.41) is 16.6. The summed E-state index contributed by atoms with van der Waals surface area (Å²) >= 11 is 0.816. The van der Waals surface area contributed by atoms with Gasteiger partial charge in [-0.15, -0.1) is 16.9 Å². The first-order chi connectivity index (χ1) is 19.2. The summed E-state index contributed by atoms with van der Waals surface area (Å²) in [5.41, 5.74) is -1.52. The van der Waals surface area contributed by atoms with Gasteiger partial charge in [-0.05, 0) is 18.1 Å². The summed E-state index contributed by atoms with van der Waals surface area (Å²) in [4.78, 5) is 47.9. The zero-order valence-corrected chi connectivity index (χ0v) is 23.4. The van der Waals surface area contributed by atoms with Crippen molar-refractivity contribution >= 4 is 35.6 Å². The average Bonchev–Trinajstić information content (AvgIpc) is 3.34. The largest absolute Gasteiger partial charge is 0.480 e. The molecule has 1 fully saturated rings. The van der Waals surface area contributed by atoms with Crippen LogP contribution in [0.1, 0.15) is 40.7 Å². The molecule has 3 rings (SSSR count). The Labute approximate surface area is 236 Å². The topological polar surface area (TPSA) is 156 Å². The van der Waals surface area contributed by atoms with Crippen LogP contribution in [0.5, 0.6) is 0 Å². The number of hydrogen-bond donors (Lipinski definition) is 1. The number of aromatic nitrogens is 3. The fraction of sp³-hybridized carbons (Fsp3) is 0.520. The lowest BCUT2D eigenvalue weighted by Gasteiger charge is -2.45. The second kappa shape index (κ2) is 13.3. The predicted molar refractivity (Wildman–Crippen MR) is 135 cm³/mol. The molecule has 0 amide bonds. The van der Waals surface area contributed by atoms with Crippen molar-refractivity contribution in [1.29, 1.82) is 0 Å². The number of carbonyl (C=O) groups excluding carboxylic acids is 3. The highest BCUT2D eigenvalue weighted by atomic mass is 32.2. The van der Waals surface area contributed by atoms with Crippen LogP contribution >= 0.6 is 11.8 Å². The Morgan fingerprint density at radius 2 is 1.61 bits per heavy atom. The molecule has 16 heteroatoms. The molecule has 1 aromatic heterocycles. The first-order valence-electron chi connectivity index (χ1n) is 12.3. The summed E-state index contributed by atoms with van der Waals surface area (Å²) in [6.07, 6.45) is -2.71. The number of carboxylic acid groups (broad SMARTS) is 1. The van der Waals surface area contributed by atoms with Crippen molar-refractivity contribution in [3.05, 3.63) is 35.8 Å². The lowest BCUT2D eigenvalue weighted by atomic mass is 9.96. The van der Waals surface area contributed by atoms with E-state index in [1.54, 1.807) is 13.8 Å². The molecule has 0 aliphatic carbocycles. The van der Waals surface area contributed by atoms with E-state index in [9.17, 15) is 37.5 Å². The van der Waals surface area contributed by atoms with E-state index in [0.29, 0.717) is 12.1 Å². The number of hydrogen-bond acceptors (Lipinski definition) is 11. The summed E-state index contributed by atoms with van der Waals surface area (Å²) in [6, 6.07) is 0.144. The molecule has 12 nitrogen and oxygen atoms in total. The Morgan fingerprint density at radius 3 is 2.12 bits per heavy atom. The number of carboxylic acids is 1. The van der Waals surface area contributed by atoms with E-state index in [-0.39, 0.29) is 11.3 Å². The van der Waals surface area contributed by atoms with Crippen LogP contribution in [0.3, 0.4) is 0 Å². The molecule has 6 atom stereocenters. The quantitative estimate of drug-likeness (QED) is 0.241. The maximum atomic E-state index is 13.9. The maximum absolute atomic E-state index is 13.9. The molecule has 2 heterocycles. The van der Waals surface area contributed by atoms with Gasteiger partial charge in [-0.3, -0.25) is 19.2 Å². The van der Waals surface area contributed by atoms with Gasteiger partial charge in [-0.25, -0.2) is 17.9 Å². The molecule has 1 aliphatic rings. The van der Waals surface area contributed by atoms with Crippen molar-refractivity contribution in [2.24, 2.45) is 5.92 Å². The minimum Gasteiger partial charge on any atom is -0.480 e. The van der Waals surface area contributed by atoms with Gasteiger partial charge in [0.15, 0.2) is 29.7 Å². The molecule has 41 heavy (non-hydrogen) atoms. The molecule has 2 aromatic rings. The van der Waals surface area contributed by atoms with Gasteiger partial charge in [0.25, 0.3) is 0 Å². The van der Waals surface area contributed by atoms with Gasteiger partial charge in [-0.2, -0.15) is 0 Å². The van der Waals surface area contributed by atoms with Crippen LogP contribution in [0.15, 0.2) is 18.3 Å². The first kappa shape index (κ1) is 31.9. The van der Waals surface area contributed by atoms with Gasteiger partial charge in [0.1, 0.15) is 35.1 Å². The Kier molecular flexibility index (Phi) is 10.4. The van der Waals surface area contributed by atoms with Gasteiger partial charge in [0, 0.05) is 26.3 Å². The van der Waals surface area contributed by atoms with Crippen molar-refractivity contribution < 1.29 is 56.4 Å². The molecule has 1 aromatic carbocycles. The number of benzene rings is 1. The fourth-order valence-electron chi connectivity index (χ4n) is 4.20. The number of carbonyl (C=O) groups is 4. The number of aliphatic carboxylic acids is 1. The minimum atomic E-state index is -1.68. The van der Waals surface area contributed by atoms with Crippen LogP contribution < -0.4 is 0 Å². The van der Waals surface area contributed by atoms with Crippen LogP contribution in [0, 0.1) is 23.4 Å². The summed E-state index contributed by atoms with van der Waals surface area (Å²) in [6.45, 7) is 6.21. The van der Waals surface area contributed by atoms with Gasteiger partial charge in [0.2, 0.25) is 0 Å². The predicted octanol–water partition coefficient (Wildman–Crippen LogP) is 2.90. The van der Waals surface area contributed by atoms with Gasteiger partial charge < -0.3 is 24.1 Å². The molecule has 1 N–H and O–H groups in total. The van der Waals surface area contributed by atoms with Crippen molar-refractivity contribution in [2.75, 3.05) is 6.61 Å². The van der Waals surface area contributed by atoms with Gasteiger partial charge in [-0.1, -0.05) is 19.1 Å². The molecule has 224 valence electrons. The second-order valence-corrected chi connectivity index (χ2v) is 10.7. The van der Waals surface area contributed by atoms with E-state index in [1.807, 2.05) is 0 Å². The van der Waals surface area contributed by atoms with E-state index < -0.39 is 88.9 Å². The SMILES string of the molecule is CC(=O)OC[C@H]1O[C@@H](SC(C(=O)O)C(C)C)[C@H](OC(C)=O)[C@@H](n2cc(-c3cc(F)c(F)c(F)c3)nn2)[C@H]1OC(C)=O. The number of esters is 3. The molecule has 0 saturated carbocycles.